The van der Waals surface area contributed by atoms with Gasteiger partial charge in [-0.25, -0.2) is 13.4 Å². The fourth-order valence-electron chi connectivity index (χ4n) is 2.91. The van der Waals surface area contributed by atoms with E-state index < -0.39 is 10.0 Å². The number of ether oxygens (including phenoxy) is 4. The van der Waals surface area contributed by atoms with Gasteiger partial charge < -0.3 is 24.3 Å². The minimum atomic E-state index is -3.96. The van der Waals surface area contributed by atoms with Crippen LogP contribution in [0.4, 0.5) is 5.69 Å². The maximum atomic E-state index is 12.9. The first-order valence-electron chi connectivity index (χ1n) is 10.1. The summed E-state index contributed by atoms with van der Waals surface area (Å²) < 4.78 is 49.3. The first kappa shape index (κ1) is 24.8. The van der Waals surface area contributed by atoms with E-state index in [-0.39, 0.29) is 28.0 Å². The molecule has 0 saturated heterocycles. The van der Waals surface area contributed by atoms with Crippen molar-refractivity contribution in [2.45, 2.75) is 4.90 Å². The highest BCUT2D eigenvalue weighted by Gasteiger charge is 2.21. The molecule has 0 aliphatic rings. The van der Waals surface area contributed by atoms with E-state index in [1.165, 1.54) is 44.7 Å². The maximum Gasteiger partial charge on any atom is 0.265 e. The molecule has 0 aliphatic carbocycles. The van der Waals surface area contributed by atoms with Gasteiger partial charge in [-0.15, -0.1) is 0 Å². The normalized spacial score (nSPS) is 10.9. The van der Waals surface area contributed by atoms with Crippen molar-refractivity contribution in [2.75, 3.05) is 39.2 Å². The Labute approximate surface area is 197 Å². The number of hydrogen-bond donors (Lipinski definition) is 2. The van der Waals surface area contributed by atoms with Crippen molar-refractivity contribution in [3.05, 3.63) is 66.4 Å². The lowest BCUT2D eigenvalue weighted by molar-refractivity contribution is 0.0934. The van der Waals surface area contributed by atoms with Gasteiger partial charge in [0.2, 0.25) is 5.88 Å². The summed E-state index contributed by atoms with van der Waals surface area (Å²) in [6.07, 6.45) is 1.51. The summed E-state index contributed by atoms with van der Waals surface area (Å²) in [7, 11) is 0.413. The summed E-state index contributed by atoms with van der Waals surface area (Å²) >= 11 is 0. The number of anilines is 1. The van der Waals surface area contributed by atoms with Gasteiger partial charge in [-0.2, -0.15) is 0 Å². The van der Waals surface area contributed by atoms with E-state index in [0.717, 1.165) is 0 Å². The van der Waals surface area contributed by atoms with Crippen molar-refractivity contribution in [1.82, 2.24) is 10.3 Å². The van der Waals surface area contributed by atoms with Crippen molar-refractivity contribution in [2.24, 2.45) is 0 Å². The quantitative estimate of drug-likeness (QED) is 0.396. The molecule has 34 heavy (non-hydrogen) atoms. The molecule has 0 aliphatic heterocycles. The number of pyridine rings is 1. The van der Waals surface area contributed by atoms with Crippen molar-refractivity contribution in [3.8, 4) is 23.1 Å². The molecule has 10 nitrogen and oxygen atoms in total. The smallest absolute Gasteiger partial charge is 0.265 e. The van der Waals surface area contributed by atoms with E-state index in [9.17, 15) is 13.2 Å². The van der Waals surface area contributed by atoms with Crippen LogP contribution in [0.3, 0.4) is 0 Å². The Morgan fingerprint density at radius 3 is 2.38 bits per heavy atom. The SMILES string of the molecule is COCCNC(=O)c1cccnc1Oc1ccc(NS(=O)(=O)c2cc(OC)ccc2OC)cc1. The molecule has 2 aromatic carbocycles. The molecule has 1 amide bonds. The second-order valence-electron chi connectivity index (χ2n) is 6.85. The highest BCUT2D eigenvalue weighted by molar-refractivity contribution is 7.92. The number of nitrogens with zero attached hydrogens (tertiary/aromatic N) is 1. The van der Waals surface area contributed by atoms with Crippen LogP contribution in [-0.4, -0.2) is 53.8 Å². The standard InChI is InChI=1S/C23H25N3O7S/c1-30-14-13-24-22(27)19-5-4-12-25-23(19)33-17-8-6-16(7-9-17)26-34(28,29)21-15-18(31-2)10-11-20(21)32-3/h4-12,15,26H,13-14H2,1-3H3,(H,24,27). The average molecular weight is 488 g/mol. The van der Waals surface area contributed by atoms with Crippen LogP contribution < -0.4 is 24.2 Å². The van der Waals surface area contributed by atoms with Crippen LogP contribution in [0.25, 0.3) is 0 Å². The van der Waals surface area contributed by atoms with Gasteiger partial charge in [0.05, 0.1) is 20.8 Å². The van der Waals surface area contributed by atoms with E-state index in [4.69, 9.17) is 18.9 Å². The fourth-order valence-corrected chi connectivity index (χ4v) is 4.16. The molecule has 0 fully saturated rings. The Balaban J connectivity index is 1.75. The molecule has 11 heteroatoms. The molecule has 1 heterocycles. The molecule has 0 spiro atoms. The molecule has 0 bridgehead atoms. The van der Waals surface area contributed by atoms with E-state index in [0.29, 0.717) is 30.3 Å². The molecule has 2 N–H and O–H groups in total. The van der Waals surface area contributed by atoms with Crippen LogP contribution in [0.1, 0.15) is 10.4 Å². The summed E-state index contributed by atoms with van der Waals surface area (Å²) in [5, 5.41) is 2.71. The second kappa shape index (κ2) is 11.3. The third-order valence-corrected chi connectivity index (χ3v) is 5.99. The molecule has 180 valence electrons. The molecular formula is C23H25N3O7S. The zero-order valence-electron chi connectivity index (χ0n) is 18.9. The minimum absolute atomic E-state index is 0.0627. The molecular weight excluding hydrogens is 462 g/mol. The van der Waals surface area contributed by atoms with Gasteiger partial charge in [0.15, 0.2) is 0 Å². The second-order valence-corrected chi connectivity index (χ2v) is 8.50. The van der Waals surface area contributed by atoms with E-state index in [2.05, 4.69) is 15.0 Å². The third kappa shape index (κ3) is 6.15. The zero-order chi connectivity index (χ0) is 24.6. The summed E-state index contributed by atoms with van der Waals surface area (Å²) in [6, 6.07) is 13.9. The number of carbonyl (C=O) groups is 1. The van der Waals surface area contributed by atoms with Gasteiger partial charge in [0, 0.05) is 31.6 Å². The first-order valence-corrected chi connectivity index (χ1v) is 11.6. The lowest BCUT2D eigenvalue weighted by Gasteiger charge is -2.13. The molecule has 0 atom stereocenters. The van der Waals surface area contributed by atoms with E-state index in [1.807, 2.05) is 0 Å². The number of sulfonamides is 1. The number of benzene rings is 2. The van der Waals surface area contributed by atoms with Crippen molar-refractivity contribution in [3.63, 3.8) is 0 Å². The number of carbonyl (C=O) groups excluding carboxylic acids is 1. The van der Waals surface area contributed by atoms with Gasteiger partial charge in [0.25, 0.3) is 15.9 Å². The molecule has 1 aromatic heterocycles. The van der Waals surface area contributed by atoms with Gasteiger partial charge in [0.1, 0.15) is 27.7 Å². The molecule has 0 radical (unpaired) electrons. The summed E-state index contributed by atoms with van der Waals surface area (Å²) in [4.78, 5) is 16.5. The van der Waals surface area contributed by atoms with E-state index >= 15 is 0 Å². The molecule has 3 rings (SSSR count). The third-order valence-electron chi connectivity index (χ3n) is 4.59. The highest BCUT2D eigenvalue weighted by atomic mass is 32.2. The lowest BCUT2D eigenvalue weighted by Crippen LogP contribution is -2.27. The lowest BCUT2D eigenvalue weighted by atomic mass is 10.2. The number of rotatable bonds is 11. The van der Waals surface area contributed by atoms with Gasteiger partial charge in [-0.3, -0.25) is 9.52 Å². The number of hydrogen-bond acceptors (Lipinski definition) is 8. The molecule has 0 unspecified atom stereocenters. The van der Waals surface area contributed by atoms with Crippen molar-refractivity contribution >= 4 is 21.6 Å². The van der Waals surface area contributed by atoms with Crippen molar-refractivity contribution < 1.29 is 32.2 Å². The fraction of sp³-hybridized carbons (Fsp3) is 0.217. The largest absolute Gasteiger partial charge is 0.497 e. The van der Waals surface area contributed by atoms with Gasteiger partial charge in [-0.05, 0) is 48.5 Å². The number of nitrogens with one attached hydrogen (secondary N) is 2. The van der Waals surface area contributed by atoms with Crippen LogP contribution in [0.2, 0.25) is 0 Å². The average Bonchev–Trinajstić information content (AvgIpc) is 2.85. The number of methoxy groups -OCH3 is 3. The number of aromatic nitrogens is 1. The van der Waals surface area contributed by atoms with Gasteiger partial charge in [-0.1, -0.05) is 0 Å². The van der Waals surface area contributed by atoms with Crippen LogP contribution in [0.15, 0.2) is 65.7 Å². The molecule has 0 saturated carbocycles. The van der Waals surface area contributed by atoms with Crippen LogP contribution in [-0.2, 0) is 14.8 Å². The first-order chi connectivity index (χ1) is 16.4. The topological polar surface area (TPSA) is 125 Å². The highest BCUT2D eigenvalue weighted by Crippen LogP contribution is 2.30. The van der Waals surface area contributed by atoms with Crippen LogP contribution >= 0.6 is 0 Å². The number of amides is 1. The Kier molecular flexibility index (Phi) is 8.28. The Hall–Kier alpha value is -3.83. The summed E-state index contributed by atoms with van der Waals surface area (Å²) in [5.41, 5.74) is 0.560. The Morgan fingerprint density at radius 2 is 1.71 bits per heavy atom. The summed E-state index contributed by atoms with van der Waals surface area (Å²) in [6.45, 7) is 0.720. The van der Waals surface area contributed by atoms with Crippen LogP contribution in [0, 0.1) is 0 Å². The predicted molar refractivity (Wildman–Crippen MR) is 125 cm³/mol. The maximum absolute atomic E-state index is 12.9. The zero-order valence-corrected chi connectivity index (χ0v) is 19.7. The Morgan fingerprint density at radius 1 is 0.971 bits per heavy atom. The molecule has 3 aromatic rings. The van der Waals surface area contributed by atoms with Gasteiger partial charge >= 0.3 is 0 Å². The van der Waals surface area contributed by atoms with E-state index in [1.54, 1.807) is 37.4 Å². The Bertz CT molecular complexity index is 1230. The monoisotopic (exact) mass is 487 g/mol. The predicted octanol–water partition coefficient (Wildman–Crippen LogP) is 3.07. The van der Waals surface area contributed by atoms with Crippen molar-refractivity contribution in [1.29, 1.82) is 0 Å². The summed E-state index contributed by atoms with van der Waals surface area (Å²) in [5.74, 6) is 0.692. The minimum Gasteiger partial charge on any atom is -0.497 e. The van der Waals surface area contributed by atoms with Crippen LogP contribution in [0.5, 0.6) is 23.1 Å².